The van der Waals surface area contributed by atoms with Gasteiger partial charge in [0.05, 0.1) is 29.0 Å². The average Bonchev–Trinajstić information content (AvgIpc) is 2.81. The molecule has 0 atom stereocenters. The van der Waals surface area contributed by atoms with Crippen LogP contribution in [-0.4, -0.2) is 9.78 Å². The highest BCUT2D eigenvalue weighted by atomic mass is 79.9. The van der Waals surface area contributed by atoms with E-state index < -0.39 is 0 Å². The molecule has 0 radical (unpaired) electrons. The van der Waals surface area contributed by atoms with Crippen LogP contribution in [0.5, 0.6) is 0 Å². The van der Waals surface area contributed by atoms with Gasteiger partial charge in [0.25, 0.3) is 0 Å². The van der Waals surface area contributed by atoms with Crippen molar-refractivity contribution in [3.05, 3.63) is 58.7 Å². The molecule has 86 valence electrons. The van der Waals surface area contributed by atoms with Crippen molar-refractivity contribution in [2.24, 2.45) is 0 Å². The Hall–Kier alpha value is -2.12. The Kier molecular flexibility index (Phi) is 2.62. The maximum atomic E-state index is 8.93. The molecular weight excluding hydrogens is 290 g/mol. The molecule has 3 nitrogen and oxygen atoms in total. The Morgan fingerprint density at radius 2 is 2.06 bits per heavy atom. The fourth-order valence-electron chi connectivity index (χ4n) is 1.90. The third-order valence-electron chi connectivity index (χ3n) is 2.75. The van der Waals surface area contributed by atoms with Crippen LogP contribution in [-0.2, 0) is 0 Å². The van der Waals surface area contributed by atoms with E-state index in [9.17, 15) is 0 Å². The first kappa shape index (κ1) is 11.0. The van der Waals surface area contributed by atoms with Crippen LogP contribution in [0.15, 0.2) is 53.1 Å². The number of benzene rings is 2. The Morgan fingerprint density at radius 3 is 2.89 bits per heavy atom. The lowest BCUT2D eigenvalue weighted by atomic mass is 10.2. The van der Waals surface area contributed by atoms with Crippen molar-refractivity contribution < 1.29 is 0 Å². The number of nitriles is 1. The van der Waals surface area contributed by atoms with E-state index in [1.165, 1.54) is 0 Å². The second-order valence-electron chi connectivity index (χ2n) is 3.92. The average molecular weight is 298 g/mol. The third-order valence-corrected chi connectivity index (χ3v) is 3.25. The first-order valence-corrected chi connectivity index (χ1v) is 6.21. The first-order chi connectivity index (χ1) is 8.78. The number of nitrogens with zero attached hydrogens (tertiary/aromatic N) is 3. The molecule has 3 aromatic rings. The van der Waals surface area contributed by atoms with Crippen molar-refractivity contribution in [1.29, 1.82) is 5.26 Å². The normalized spacial score (nSPS) is 10.4. The lowest BCUT2D eigenvalue weighted by Gasteiger charge is -2.04. The summed E-state index contributed by atoms with van der Waals surface area (Å²) in [6, 6.07) is 15.6. The molecule has 0 aliphatic heterocycles. The molecule has 0 saturated heterocycles. The van der Waals surface area contributed by atoms with E-state index in [1.54, 1.807) is 6.07 Å². The summed E-state index contributed by atoms with van der Waals surface area (Å²) in [4.78, 5) is 0. The van der Waals surface area contributed by atoms with E-state index >= 15 is 0 Å². The Bertz CT molecular complexity index is 768. The standard InChI is InChI=1S/C14H8BrN3/c15-12-5-4-11-9-17-18(14(11)7-12)13-3-1-2-10(6-13)8-16/h1-7,9H. The lowest BCUT2D eigenvalue weighted by molar-refractivity contribution is 0.910. The van der Waals surface area contributed by atoms with Crippen LogP contribution in [0.2, 0.25) is 0 Å². The Labute approximate surface area is 112 Å². The van der Waals surface area contributed by atoms with Crippen LogP contribution >= 0.6 is 15.9 Å². The van der Waals surface area contributed by atoms with Crippen LogP contribution in [0.25, 0.3) is 16.6 Å². The number of fused-ring (bicyclic) bond motifs is 1. The second-order valence-corrected chi connectivity index (χ2v) is 4.84. The molecule has 1 heterocycles. The molecule has 3 rings (SSSR count). The van der Waals surface area contributed by atoms with Gasteiger partial charge in [-0.2, -0.15) is 10.4 Å². The first-order valence-electron chi connectivity index (χ1n) is 5.42. The SMILES string of the molecule is N#Cc1cccc(-n2ncc3ccc(Br)cc32)c1. The van der Waals surface area contributed by atoms with Crippen molar-refractivity contribution in [2.45, 2.75) is 0 Å². The highest BCUT2D eigenvalue weighted by Crippen LogP contribution is 2.22. The highest BCUT2D eigenvalue weighted by molar-refractivity contribution is 9.10. The molecule has 0 bridgehead atoms. The van der Waals surface area contributed by atoms with Gasteiger partial charge in [-0.15, -0.1) is 0 Å². The summed E-state index contributed by atoms with van der Waals surface area (Å²) >= 11 is 3.46. The maximum Gasteiger partial charge on any atom is 0.0992 e. The van der Waals surface area contributed by atoms with E-state index in [1.807, 2.05) is 47.3 Å². The van der Waals surface area contributed by atoms with Gasteiger partial charge in [0, 0.05) is 9.86 Å². The van der Waals surface area contributed by atoms with Gasteiger partial charge in [0.1, 0.15) is 0 Å². The highest BCUT2D eigenvalue weighted by Gasteiger charge is 2.05. The predicted molar refractivity (Wildman–Crippen MR) is 73.5 cm³/mol. The van der Waals surface area contributed by atoms with Crippen LogP contribution in [0.1, 0.15) is 5.56 Å². The monoisotopic (exact) mass is 297 g/mol. The van der Waals surface area contributed by atoms with Gasteiger partial charge in [-0.1, -0.05) is 28.1 Å². The van der Waals surface area contributed by atoms with Crippen molar-refractivity contribution in [1.82, 2.24) is 9.78 Å². The van der Waals surface area contributed by atoms with Gasteiger partial charge in [0.2, 0.25) is 0 Å². The van der Waals surface area contributed by atoms with Crippen LogP contribution in [0.4, 0.5) is 0 Å². The fourth-order valence-corrected chi connectivity index (χ4v) is 2.25. The predicted octanol–water partition coefficient (Wildman–Crippen LogP) is 3.66. The number of hydrogen-bond acceptors (Lipinski definition) is 2. The number of aromatic nitrogens is 2. The van der Waals surface area contributed by atoms with Crippen molar-refractivity contribution >= 4 is 26.8 Å². The fraction of sp³-hybridized carbons (Fsp3) is 0. The molecule has 0 aliphatic carbocycles. The largest absolute Gasteiger partial charge is 0.233 e. The summed E-state index contributed by atoms with van der Waals surface area (Å²) < 4.78 is 2.84. The zero-order chi connectivity index (χ0) is 12.5. The smallest absolute Gasteiger partial charge is 0.0992 e. The minimum Gasteiger partial charge on any atom is -0.233 e. The molecule has 0 saturated carbocycles. The zero-order valence-electron chi connectivity index (χ0n) is 9.34. The molecular formula is C14H8BrN3. The second kappa shape index (κ2) is 4.28. The summed E-state index contributed by atoms with van der Waals surface area (Å²) in [5.41, 5.74) is 2.53. The molecule has 0 spiro atoms. The lowest BCUT2D eigenvalue weighted by Crippen LogP contribution is -1.96. The maximum absolute atomic E-state index is 8.93. The van der Waals surface area contributed by atoms with Gasteiger partial charge < -0.3 is 0 Å². The van der Waals surface area contributed by atoms with Gasteiger partial charge in [0.15, 0.2) is 0 Å². The molecule has 0 aliphatic rings. The summed E-state index contributed by atoms with van der Waals surface area (Å²) in [6.07, 6.45) is 1.82. The quantitative estimate of drug-likeness (QED) is 0.688. The number of halogens is 1. The molecule has 0 unspecified atom stereocenters. The van der Waals surface area contributed by atoms with E-state index in [-0.39, 0.29) is 0 Å². The molecule has 0 amide bonds. The van der Waals surface area contributed by atoms with Gasteiger partial charge in [-0.3, -0.25) is 0 Å². The Morgan fingerprint density at radius 1 is 1.17 bits per heavy atom. The van der Waals surface area contributed by atoms with Crippen LogP contribution < -0.4 is 0 Å². The van der Waals surface area contributed by atoms with E-state index in [2.05, 4.69) is 27.1 Å². The van der Waals surface area contributed by atoms with Gasteiger partial charge in [-0.25, -0.2) is 4.68 Å². The molecule has 4 heteroatoms. The Balaban J connectivity index is 2.25. The summed E-state index contributed by atoms with van der Waals surface area (Å²) in [7, 11) is 0. The molecule has 18 heavy (non-hydrogen) atoms. The molecule has 0 fully saturated rings. The van der Waals surface area contributed by atoms with Crippen molar-refractivity contribution in [3.63, 3.8) is 0 Å². The minimum atomic E-state index is 0.631. The number of hydrogen-bond donors (Lipinski definition) is 0. The van der Waals surface area contributed by atoms with Crippen molar-refractivity contribution in [2.75, 3.05) is 0 Å². The summed E-state index contributed by atoms with van der Waals surface area (Å²) in [5, 5.41) is 14.4. The summed E-state index contributed by atoms with van der Waals surface area (Å²) in [5.74, 6) is 0. The van der Waals surface area contributed by atoms with E-state index in [4.69, 9.17) is 5.26 Å². The number of rotatable bonds is 1. The van der Waals surface area contributed by atoms with Gasteiger partial charge >= 0.3 is 0 Å². The summed E-state index contributed by atoms with van der Waals surface area (Å²) in [6.45, 7) is 0. The van der Waals surface area contributed by atoms with E-state index in [0.717, 1.165) is 21.1 Å². The van der Waals surface area contributed by atoms with Gasteiger partial charge in [-0.05, 0) is 30.3 Å². The molecule has 2 aromatic carbocycles. The van der Waals surface area contributed by atoms with Crippen LogP contribution in [0, 0.1) is 11.3 Å². The third kappa shape index (κ3) is 1.79. The molecule has 1 aromatic heterocycles. The van der Waals surface area contributed by atoms with E-state index in [0.29, 0.717) is 5.56 Å². The zero-order valence-corrected chi connectivity index (χ0v) is 10.9. The minimum absolute atomic E-state index is 0.631. The van der Waals surface area contributed by atoms with Crippen molar-refractivity contribution in [3.8, 4) is 11.8 Å². The van der Waals surface area contributed by atoms with Crippen LogP contribution in [0.3, 0.4) is 0 Å². The molecule has 0 N–H and O–H groups in total. The topological polar surface area (TPSA) is 41.6 Å².